The molecule has 0 aliphatic heterocycles. The Balaban J connectivity index is 1.75. The topological polar surface area (TPSA) is 94.0 Å². The van der Waals surface area contributed by atoms with Crippen molar-refractivity contribution in [2.45, 2.75) is 26.2 Å². The summed E-state index contributed by atoms with van der Waals surface area (Å²) >= 11 is 0. The first-order valence-electron chi connectivity index (χ1n) is 9.15. The quantitative estimate of drug-likeness (QED) is 0.354. The smallest absolute Gasteiger partial charge is 0.267 e. The van der Waals surface area contributed by atoms with E-state index < -0.39 is 5.91 Å². The lowest BCUT2D eigenvalue weighted by atomic mass is 10.1. The van der Waals surface area contributed by atoms with Gasteiger partial charge in [0.15, 0.2) is 0 Å². The fraction of sp³-hybridized carbons (Fsp3) is 0.227. The van der Waals surface area contributed by atoms with Crippen molar-refractivity contribution in [2.24, 2.45) is 0 Å². The van der Waals surface area contributed by atoms with Crippen LogP contribution in [0.5, 0.6) is 0 Å². The number of amides is 2. The molecule has 0 aromatic heterocycles. The molecule has 2 amide bonds. The molecule has 0 radical (unpaired) electrons. The Morgan fingerprint density at radius 1 is 0.964 bits per heavy atom. The summed E-state index contributed by atoms with van der Waals surface area (Å²) in [6.07, 6.45) is 4.42. The van der Waals surface area contributed by atoms with Crippen molar-refractivity contribution in [1.29, 1.82) is 5.26 Å². The number of unbranched alkanes of at least 4 members (excludes halogenated alkanes) is 1. The number of nitriles is 1. The third kappa shape index (κ3) is 7.34. The summed E-state index contributed by atoms with van der Waals surface area (Å²) in [5.41, 5.74) is 2.50. The number of nitrogens with zero attached hydrogens (tertiary/aromatic N) is 1. The highest BCUT2D eigenvalue weighted by molar-refractivity contribution is 6.06. The number of hydrogen-bond acceptors (Lipinski definition) is 4. The standard InChI is InChI=1S/C22H24N4O2/c1-17(27)25-20-10-12-21(13-11-20)26-22(28)19(15-23)16-24-14-6-5-9-18-7-3-2-4-8-18/h2-4,7-8,10-13,16,24H,5-6,9,14H2,1H3,(H,25,27)(H,26,28)/b19-16-. The second-order valence-electron chi connectivity index (χ2n) is 6.28. The summed E-state index contributed by atoms with van der Waals surface area (Å²) in [5.74, 6) is -0.645. The van der Waals surface area contributed by atoms with E-state index in [2.05, 4.69) is 28.1 Å². The molecule has 0 unspecified atom stereocenters. The van der Waals surface area contributed by atoms with Crippen molar-refractivity contribution >= 4 is 23.2 Å². The van der Waals surface area contributed by atoms with Crippen LogP contribution >= 0.6 is 0 Å². The molecule has 6 heteroatoms. The number of benzene rings is 2. The van der Waals surface area contributed by atoms with Gasteiger partial charge in [-0.2, -0.15) is 5.26 Å². The maximum absolute atomic E-state index is 12.2. The zero-order chi connectivity index (χ0) is 20.2. The number of carbonyl (C=O) groups is 2. The Morgan fingerprint density at radius 2 is 1.61 bits per heavy atom. The predicted molar refractivity (Wildman–Crippen MR) is 110 cm³/mol. The van der Waals surface area contributed by atoms with Crippen molar-refractivity contribution in [2.75, 3.05) is 17.2 Å². The molecular weight excluding hydrogens is 352 g/mol. The van der Waals surface area contributed by atoms with Gasteiger partial charge in [-0.3, -0.25) is 9.59 Å². The number of carbonyl (C=O) groups excluding carboxylic acids is 2. The van der Waals surface area contributed by atoms with Crippen LogP contribution in [0.4, 0.5) is 11.4 Å². The normalized spacial score (nSPS) is 10.6. The molecule has 0 fully saturated rings. The molecular formula is C22H24N4O2. The van der Waals surface area contributed by atoms with Gasteiger partial charge < -0.3 is 16.0 Å². The highest BCUT2D eigenvalue weighted by Crippen LogP contribution is 2.14. The van der Waals surface area contributed by atoms with Gasteiger partial charge in [-0.25, -0.2) is 0 Å². The van der Waals surface area contributed by atoms with Crippen LogP contribution in [0.1, 0.15) is 25.3 Å². The number of nitrogens with one attached hydrogen (secondary N) is 3. The highest BCUT2D eigenvalue weighted by atomic mass is 16.2. The van der Waals surface area contributed by atoms with Gasteiger partial charge in [-0.15, -0.1) is 0 Å². The molecule has 0 aliphatic carbocycles. The van der Waals surface area contributed by atoms with Gasteiger partial charge in [0.05, 0.1) is 0 Å². The third-order valence-electron chi connectivity index (χ3n) is 3.95. The van der Waals surface area contributed by atoms with Gasteiger partial charge in [0.25, 0.3) is 5.91 Å². The van der Waals surface area contributed by atoms with Crippen LogP contribution in [0.3, 0.4) is 0 Å². The molecule has 3 N–H and O–H groups in total. The SMILES string of the molecule is CC(=O)Nc1ccc(NC(=O)/C(C#N)=C\NCCCCc2ccccc2)cc1. The molecule has 0 saturated carbocycles. The third-order valence-corrected chi connectivity index (χ3v) is 3.95. The van der Waals surface area contributed by atoms with Crippen LogP contribution in [0.15, 0.2) is 66.4 Å². The zero-order valence-electron chi connectivity index (χ0n) is 15.9. The lowest BCUT2D eigenvalue weighted by molar-refractivity contribution is -0.114. The fourth-order valence-corrected chi connectivity index (χ4v) is 2.56. The first-order chi connectivity index (χ1) is 13.6. The van der Waals surface area contributed by atoms with E-state index in [0.29, 0.717) is 17.9 Å². The molecule has 0 bridgehead atoms. The Bertz CT molecular complexity index is 852. The zero-order valence-corrected chi connectivity index (χ0v) is 15.9. The minimum absolute atomic E-state index is 0.00833. The van der Waals surface area contributed by atoms with E-state index in [4.69, 9.17) is 0 Å². The largest absolute Gasteiger partial charge is 0.390 e. The summed E-state index contributed by atoms with van der Waals surface area (Å²) in [4.78, 5) is 23.2. The number of rotatable bonds is 9. The van der Waals surface area contributed by atoms with Crippen LogP contribution in [0, 0.1) is 11.3 Å². The monoisotopic (exact) mass is 376 g/mol. The van der Waals surface area contributed by atoms with Crippen LogP contribution < -0.4 is 16.0 Å². The first-order valence-corrected chi connectivity index (χ1v) is 9.15. The van der Waals surface area contributed by atoms with Crippen molar-refractivity contribution in [3.05, 3.63) is 71.9 Å². The Morgan fingerprint density at radius 3 is 2.21 bits per heavy atom. The van der Waals surface area contributed by atoms with E-state index in [-0.39, 0.29) is 11.5 Å². The van der Waals surface area contributed by atoms with E-state index >= 15 is 0 Å². The van der Waals surface area contributed by atoms with Crippen LogP contribution in [0.25, 0.3) is 0 Å². The average Bonchev–Trinajstić information content (AvgIpc) is 2.69. The van der Waals surface area contributed by atoms with E-state index in [0.717, 1.165) is 19.3 Å². The molecule has 0 aliphatic rings. The fourth-order valence-electron chi connectivity index (χ4n) is 2.56. The minimum atomic E-state index is -0.480. The van der Waals surface area contributed by atoms with Crippen LogP contribution in [-0.4, -0.2) is 18.4 Å². The Kier molecular flexibility index (Phi) is 8.28. The van der Waals surface area contributed by atoms with Crippen LogP contribution in [-0.2, 0) is 16.0 Å². The van der Waals surface area contributed by atoms with E-state index in [1.165, 1.54) is 18.7 Å². The van der Waals surface area contributed by atoms with Gasteiger partial charge in [0, 0.05) is 31.0 Å². The molecule has 28 heavy (non-hydrogen) atoms. The molecule has 2 rings (SSSR count). The van der Waals surface area contributed by atoms with Crippen molar-refractivity contribution < 1.29 is 9.59 Å². The molecule has 0 atom stereocenters. The molecule has 0 saturated heterocycles. The minimum Gasteiger partial charge on any atom is -0.390 e. The molecule has 0 spiro atoms. The van der Waals surface area contributed by atoms with Crippen molar-refractivity contribution in [1.82, 2.24) is 5.32 Å². The second-order valence-corrected chi connectivity index (χ2v) is 6.28. The number of hydrogen-bond donors (Lipinski definition) is 3. The second kappa shape index (κ2) is 11.2. The molecule has 6 nitrogen and oxygen atoms in total. The molecule has 144 valence electrons. The summed E-state index contributed by atoms with van der Waals surface area (Å²) in [6, 6.07) is 18.9. The maximum atomic E-state index is 12.2. The Labute approximate surface area is 165 Å². The number of aryl methyl sites for hydroxylation is 1. The van der Waals surface area contributed by atoms with Gasteiger partial charge in [-0.1, -0.05) is 30.3 Å². The van der Waals surface area contributed by atoms with Gasteiger partial charge in [0.2, 0.25) is 5.91 Å². The summed E-state index contributed by atoms with van der Waals surface area (Å²) in [5, 5.41) is 17.5. The first kappa shape index (κ1) is 20.7. The maximum Gasteiger partial charge on any atom is 0.267 e. The van der Waals surface area contributed by atoms with E-state index in [1.54, 1.807) is 24.3 Å². The van der Waals surface area contributed by atoms with Gasteiger partial charge in [0.1, 0.15) is 11.6 Å². The molecule has 2 aromatic rings. The summed E-state index contributed by atoms with van der Waals surface area (Å²) < 4.78 is 0. The highest BCUT2D eigenvalue weighted by Gasteiger charge is 2.09. The van der Waals surface area contributed by atoms with Gasteiger partial charge in [-0.05, 0) is 49.1 Å². The average molecular weight is 376 g/mol. The van der Waals surface area contributed by atoms with E-state index in [9.17, 15) is 14.9 Å². The Hall–Kier alpha value is -3.59. The number of anilines is 2. The lowest BCUT2D eigenvalue weighted by Gasteiger charge is -2.07. The predicted octanol–water partition coefficient (Wildman–Crippen LogP) is 3.60. The lowest BCUT2D eigenvalue weighted by Crippen LogP contribution is -2.17. The molecule has 0 heterocycles. The van der Waals surface area contributed by atoms with Crippen molar-refractivity contribution in [3.8, 4) is 6.07 Å². The van der Waals surface area contributed by atoms with E-state index in [1.807, 2.05) is 24.3 Å². The summed E-state index contributed by atoms with van der Waals surface area (Å²) in [7, 11) is 0. The summed E-state index contributed by atoms with van der Waals surface area (Å²) in [6.45, 7) is 2.12. The molecule has 2 aromatic carbocycles. The van der Waals surface area contributed by atoms with Gasteiger partial charge >= 0.3 is 0 Å². The van der Waals surface area contributed by atoms with Crippen molar-refractivity contribution in [3.63, 3.8) is 0 Å². The van der Waals surface area contributed by atoms with Crippen LogP contribution in [0.2, 0.25) is 0 Å².